The third-order valence-electron chi connectivity index (χ3n) is 16.2. The number of anilines is 2. The van der Waals surface area contributed by atoms with Crippen molar-refractivity contribution < 1.29 is 45.4 Å². The number of likely N-dealkylation sites (tertiary alicyclic amines) is 2. The quantitative estimate of drug-likeness (QED) is 0.0216. The summed E-state index contributed by atoms with van der Waals surface area (Å²) in [6, 6.07) is 22.3. The minimum absolute atomic E-state index is 0.0517. The largest absolute Gasteiger partial charge is 0.395 e. The third kappa shape index (κ3) is 19.4. The van der Waals surface area contributed by atoms with Gasteiger partial charge in [-0.15, -0.1) is 23.5 Å². The molecule has 2 saturated heterocycles. The summed E-state index contributed by atoms with van der Waals surface area (Å²) < 4.78 is 95.0. The minimum Gasteiger partial charge on any atom is -0.395 e. The lowest BCUT2D eigenvalue weighted by Crippen LogP contribution is -2.48. The van der Waals surface area contributed by atoms with Gasteiger partial charge in [0.25, 0.3) is 17.7 Å². The second kappa shape index (κ2) is 32.8. The van der Waals surface area contributed by atoms with Crippen LogP contribution in [0.25, 0.3) is 0 Å². The van der Waals surface area contributed by atoms with E-state index in [2.05, 4.69) is 19.2 Å². The molecule has 6 N–H and O–H groups in total. The first kappa shape index (κ1) is 68.3. The number of halogens is 6. The van der Waals surface area contributed by atoms with E-state index < -0.39 is 28.8 Å². The van der Waals surface area contributed by atoms with Gasteiger partial charge in [0, 0.05) is 71.8 Å². The zero-order valence-electron chi connectivity index (χ0n) is 48.5. The smallest absolute Gasteiger partial charge is 0.262 e. The van der Waals surface area contributed by atoms with Crippen LogP contribution in [0.1, 0.15) is 128 Å². The van der Waals surface area contributed by atoms with Crippen LogP contribution in [0.5, 0.6) is 0 Å². The van der Waals surface area contributed by atoms with Crippen LogP contribution in [-0.2, 0) is 19.1 Å². The van der Waals surface area contributed by atoms with E-state index in [1.165, 1.54) is 113 Å². The molecule has 12 nitrogen and oxygen atoms in total. The molecule has 458 valence electrons. The maximum Gasteiger partial charge on any atom is 0.262 e. The number of hydrogen-bond donors (Lipinski definition) is 4. The van der Waals surface area contributed by atoms with E-state index in [1.807, 2.05) is 49.9 Å². The van der Waals surface area contributed by atoms with Gasteiger partial charge in [-0.2, -0.15) is 10.5 Å². The van der Waals surface area contributed by atoms with Crippen LogP contribution in [0.15, 0.2) is 92.4 Å². The normalized spacial score (nSPS) is 19.9. The molecular formula is C62H80F6N8O4S4. The molecule has 0 bridgehead atoms. The fourth-order valence-electron chi connectivity index (χ4n) is 10.8. The molecule has 0 radical (unpaired) electrons. The van der Waals surface area contributed by atoms with Crippen molar-refractivity contribution in [3.05, 3.63) is 107 Å². The van der Waals surface area contributed by atoms with Crippen LogP contribution in [0.3, 0.4) is 0 Å². The Morgan fingerprint density at radius 3 is 1.32 bits per heavy atom. The number of benzene rings is 4. The maximum atomic E-state index is 13.6. The van der Waals surface area contributed by atoms with Crippen molar-refractivity contribution in [2.24, 2.45) is 17.3 Å². The number of unbranched alkanes of at least 4 members (excludes halogenated alkanes) is 2. The van der Waals surface area contributed by atoms with Crippen molar-refractivity contribution in [1.29, 1.82) is 10.5 Å². The van der Waals surface area contributed by atoms with Crippen molar-refractivity contribution >= 4 is 70.6 Å². The predicted octanol–water partition coefficient (Wildman–Crippen LogP) is 14.2. The summed E-state index contributed by atoms with van der Waals surface area (Å²) in [6.07, 6.45) is 16.3. The summed E-state index contributed by atoms with van der Waals surface area (Å²) in [5, 5.41) is 17.8. The fourth-order valence-corrected chi connectivity index (χ4v) is 14.1. The lowest BCUT2D eigenvalue weighted by Gasteiger charge is -2.40. The Hall–Kier alpha value is -4.78. The Bertz CT molecular complexity index is 2720. The number of rotatable bonds is 20. The number of alkyl halides is 2. The number of nitrogens with one attached hydrogen (secondary N) is 2. The topological polar surface area (TPSA) is 183 Å². The average molecular weight is 1240 g/mol. The molecule has 6 aliphatic rings. The maximum absolute atomic E-state index is 13.6. The number of carbonyl (C=O) groups is 2. The van der Waals surface area contributed by atoms with Gasteiger partial charge in [-0.3, -0.25) is 19.0 Å². The highest BCUT2D eigenvalue weighted by atomic mass is 32.2. The summed E-state index contributed by atoms with van der Waals surface area (Å²) in [5.41, 5.74) is 9.84. The van der Waals surface area contributed by atoms with Gasteiger partial charge >= 0.3 is 0 Å². The number of nitriles is 2. The van der Waals surface area contributed by atoms with E-state index in [0.717, 1.165) is 104 Å². The number of amides is 2. The molecule has 10 rings (SSSR count). The summed E-state index contributed by atoms with van der Waals surface area (Å²) in [4.78, 5) is 32.6. The number of piperidine rings is 1. The van der Waals surface area contributed by atoms with Crippen LogP contribution in [0.4, 0.5) is 37.7 Å². The molecule has 2 aliphatic heterocycles. The van der Waals surface area contributed by atoms with Gasteiger partial charge in [0.15, 0.2) is 0 Å². The third-order valence-corrected chi connectivity index (χ3v) is 19.9. The molecule has 2 heterocycles. The second-order valence-corrected chi connectivity index (χ2v) is 26.0. The van der Waals surface area contributed by atoms with Crippen LogP contribution in [0, 0.1) is 63.2 Å². The van der Waals surface area contributed by atoms with E-state index >= 15 is 0 Å². The molecule has 4 aromatic carbocycles. The Morgan fingerprint density at radius 1 is 0.583 bits per heavy atom. The molecule has 2 atom stereocenters. The molecule has 4 aromatic rings. The van der Waals surface area contributed by atoms with E-state index in [4.69, 9.17) is 31.5 Å². The molecule has 4 saturated carbocycles. The number of thioether (sulfide) groups is 2. The van der Waals surface area contributed by atoms with Crippen LogP contribution < -0.4 is 20.9 Å². The number of fused-ring (bicyclic) bond motifs is 1. The van der Waals surface area contributed by atoms with E-state index in [-0.39, 0.29) is 57.8 Å². The number of ether oxygens (including phenoxy) is 2. The van der Waals surface area contributed by atoms with Crippen molar-refractivity contribution in [3.63, 3.8) is 0 Å². The highest BCUT2D eigenvalue weighted by molar-refractivity contribution is 7.99. The lowest BCUT2D eigenvalue weighted by molar-refractivity contribution is -0.145. The molecule has 4 aliphatic carbocycles. The van der Waals surface area contributed by atoms with Gasteiger partial charge in [0.1, 0.15) is 46.6 Å². The van der Waals surface area contributed by atoms with Crippen LogP contribution >= 0.6 is 47.4 Å². The monoisotopic (exact) mass is 1240 g/mol. The van der Waals surface area contributed by atoms with Crippen molar-refractivity contribution in [3.8, 4) is 12.1 Å². The van der Waals surface area contributed by atoms with Gasteiger partial charge in [-0.25, -0.2) is 26.3 Å². The molecule has 1 spiro atoms. The van der Waals surface area contributed by atoms with E-state index in [0.29, 0.717) is 48.6 Å². The van der Waals surface area contributed by atoms with Gasteiger partial charge < -0.3 is 30.7 Å². The first-order valence-electron chi connectivity index (χ1n) is 29.0. The van der Waals surface area contributed by atoms with Crippen LogP contribution in [0.2, 0.25) is 0 Å². The number of hydrogen-bond acceptors (Lipinski definition) is 14. The Morgan fingerprint density at radius 2 is 0.964 bits per heavy atom. The Labute approximate surface area is 509 Å². The number of nitrogen functional groups attached to an aromatic ring is 2. The minimum atomic E-state index is -2.37. The Kier molecular flexibility index (Phi) is 26.7. The summed E-state index contributed by atoms with van der Waals surface area (Å²) >= 11 is 5.47. The number of methoxy groups -OCH3 is 2. The van der Waals surface area contributed by atoms with Gasteiger partial charge in [-0.1, -0.05) is 52.4 Å². The predicted molar refractivity (Wildman–Crippen MR) is 325 cm³/mol. The second-order valence-electron chi connectivity index (χ2n) is 21.9. The highest BCUT2D eigenvalue weighted by Crippen LogP contribution is 2.59. The summed E-state index contributed by atoms with van der Waals surface area (Å²) in [6.45, 7) is 10.1. The summed E-state index contributed by atoms with van der Waals surface area (Å²) in [7, 11) is 3.07. The van der Waals surface area contributed by atoms with Crippen molar-refractivity contribution in [2.45, 2.75) is 153 Å². The van der Waals surface area contributed by atoms with Gasteiger partial charge in [0.2, 0.25) is 0 Å². The molecule has 2 amide bonds. The zero-order valence-corrected chi connectivity index (χ0v) is 51.8. The van der Waals surface area contributed by atoms with E-state index in [1.54, 1.807) is 23.9 Å². The number of carbonyl (C=O) groups excluding carboxylic acids is 2. The van der Waals surface area contributed by atoms with E-state index in [9.17, 15) is 35.9 Å². The molecule has 22 heteroatoms. The zero-order chi connectivity index (χ0) is 60.9. The molecule has 0 aromatic heterocycles. The van der Waals surface area contributed by atoms with Crippen molar-refractivity contribution in [1.82, 2.24) is 19.2 Å². The number of nitrogens with two attached hydrogens (primary N) is 2. The average Bonchev–Trinajstić information content (AvgIpc) is 1.74. The molecule has 6 fully saturated rings. The highest BCUT2D eigenvalue weighted by Gasteiger charge is 2.71. The molecular weight excluding hydrogens is 1160 g/mol. The SMILES string of the molecule is CC.COC1(C(=O)NSc2cc(F)c(N)c(C#N)c2)CCCCC1.COC1(C(=O)NSc2cc(F)c(N)c(C#N)c2)CCCCC1.Fc1ccc(SCCCCN2CC3(CC3)C2)cc1.Fc1ccc(SCCCCN2CC3C(C2)C3(F)F)cc1. The van der Waals surface area contributed by atoms with Crippen molar-refractivity contribution in [2.75, 3.05) is 76.5 Å². The molecule has 84 heavy (non-hydrogen) atoms. The first-order valence-corrected chi connectivity index (χ1v) is 32.6. The molecule has 2 unspecified atom stereocenters. The summed E-state index contributed by atoms with van der Waals surface area (Å²) in [5.74, 6) is -3.12. The standard InChI is InChI=1S/C15H18F3NS.2C15H18FN3O2S.C15H20FNS.C2H6/c16-11-3-5-12(6-4-11)20-8-2-1-7-19-9-13-14(10-19)15(13,17)18;2*1-21-15(5-3-2-4-6-15)14(20)19-22-11-7-10(9-17)13(18)12(16)8-11;16-13-3-5-14(6-4-13)18-10-2-1-9-17-11-15(12-17)7-8-15;1-2/h3-6,13-14H,1-2,7-10H2;2*7-8H,2-6,18H2,1H3,(H,19,20);3-6H,1-2,7-12H2;1-2H3. The number of nitrogens with zero attached hydrogens (tertiary/aromatic N) is 4. The first-order chi connectivity index (χ1) is 40.4. The Balaban J connectivity index is 0.000000178. The van der Waals surface area contributed by atoms with Crippen LogP contribution in [-0.4, -0.2) is 104 Å². The fraction of sp³-hybridized carbons (Fsp3) is 0.548. The lowest BCUT2D eigenvalue weighted by atomic mass is 9.84. The van der Waals surface area contributed by atoms with Gasteiger partial charge in [-0.05, 0) is 191 Å². The van der Waals surface area contributed by atoms with Gasteiger partial charge in [0.05, 0.1) is 22.5 Å².